The zero-order valence-electron chi connectivity index (χ0n) is 16.1. The van der Waals surface area contributed by atoms with E-state index in [1.807, 2.05) is 0 Å². The molecule has 6 nitrogen and oxygen atoms in total. The average Bonchev–Trinajstić information content (AvgIpc) is 3.09. The number of hydrogen-bond donors (Lipinski definition) is 1. The fraction of sp³-hybridized carbons (Fsp3) is 0.333. The molecule has 28 heavy (non-hydrogen) atoms. The van der Waals surface area contributed by atoms with E-state index < -0.39 is 5.92 Å². The number of ether oxygens (including phenoxy) is 2. The number of halogens is 1. The highest BCUT2D eigenvalue weighted by Crippen LogP contribution is 2.36. The second-order valence-electron chi connectivity index (χ2n) is 6.73. The van der Waals surface area contributed by atoms with Crippen molar-refractivity contribution in [2.45, 2.75) is 19.4 Å². The predicted molar refractivity (Wildman–Crippen MR) is 103 cm³/mol. The van der Waals surface area contributed by atoms with Crippen LogP contribution >= 0.6 is 0 Å². The van der Waals surface area contributed by atoms with Crippen LogP contribution in [0.25, 0.3) is 0 Å². The highest BCUT2D eigenvalue weighted by Gasteiger charge is 2.36. The predicted octanol–water partition coefficient (Wildman–Crippen LogP) is 3.07. The second kappa shape index (κ2) is 8.29. The number of benzene rings is 2. The third-order valence-corrected chi connectivity index (χ3v) is 4.88. The Morgan fingerprint density at radius 2 is 2.00 bits per heavy atom. The molecule has 2 atom stereocenters. The number of carbonyl (C=O) groups excluding carboxylic acids is 2. The summed E-state index contributed by atoms with van der Waals surface area (Å²) < 4.78 is 24.0. The van der Waals surface area contributed by atoms with Crippen molar-refractivity contribution in [3.05, 3.63) is 53.8 Å². The lowest BCUT2D eigenvalue weighted by Gasteiger charge is -2.21. The molecular weight excluding hydrogens is 363 g/mol. The molecule has 0 aliphatic carbocycles. The number of methoxy groups -OCH3 is 2. The lowest BCUT2D eigenvalue weighted by molar-refractivity contribution is -0.126. The molecule has 7 heteroatoms. The Hall–Kier alpha value is -3.09. The third kappa shape index (κ3) is 4.08. The Kier molecular flexibility index (Phi) is 5.82. The van der Waals surface area contributed by atoms with Crippen molar-refractivity contribution in [3.63, 3.8) is 0 Å². The Balaban J connectivity index is 1.73. The normalized spacial score (nSPS) is 17.4. The van der Waals surface area contributed by atoms with Crippen molar-refractivity contribution in [2.75, 3.05) is 25.7 Å². The zero-order valence-corrected chi connectivity index (χ0v) is 16.1. The third-order valence-electron chi connectivity index (χ3n) is 4.88. The Morgan fingerprint density at radius 1 is 1.21 bits per heavy atom. The Bertz CT molecular complexity index is 886. The van der Waals surface area contributed by atoms with Gasteiger partial charge in [0.05, 0.1) is 31.9 Å². The minimum absolute atomic E-state index is 0.0993. The SMILES string of the molecule is COc1ccc(OC)c(N2C[C@@H](C(=O)N[C@@H](C)c3cccc(F)c3)CC2=O)c1. The van der Waals surface area contributed by atoms with Crippen LogP contribution in [0.5, 0.6) is 11.5 Å². The molecule has 0 unspecified atom stereocenters. The number of nitrogens with zero attached hydrogens (tertiary/aromatic N) is 1. The van der Waals surface area contributed by atoms with E-state index in [2.05, 4.69) is 5.32 Å². The van der Waals surface area contributed by atoms with Crippen molar-refractivity contribution in [3.8, 4) is 11.5 Å². The number of amides is 2. The minimum Gasteiger partial charge on any atom is -0.497 e. The van der Waals surface area contributed by atoms with Crippen LogP contribution in [0.1, 0.15) is 24.9 Å². The van der Waals surface area contributed by atoms with Gasteiger partial charge >= 0.3 is 0 Å². The number of rotatable bonds is 6. The standard InChI is InChI=1S/C21H23FN2O4/c1-13(14-5-4-6-16(22)9-14)23-21(26)15-10-20(25)24(12-15)18-11-17(27-2)7-8-19(18)28-3/h4-9,11,13,15H,10,12H2,1-3H3,(H,23,26)/t13-,15-/m0/s1. The summed E-state index contributed by atoms with van der Waals surface area (Å²) in [6.07, 6.45) is 0.0993. The fourth-order valence-corrected chi connectivity index (χ4v) is 3.31. The van der Waals surface area contributed by atoms with E-state index in [-0.39, 0.29) is 36.6 Å². The van der Waals surface area contributed by atoms with E-state index in [0.717, 1.165) is 0 Å². The van der Waals surface area contributed by atoms with Crippen molar-refractivity contribution in [1.82, 2.24) is 5.32 Å². The maximum atomic E-state index is 13.4. The number of carbonyl (C=O) groups is 2. The van der Waals surface area contributed by atoms with Gasteiger partial charge in [-0.25, -0.2) is 4.39 Å². The number of hydrogen-bond acceptors (Lipinski definition) is 4. The quantitative estimate of drug-likeness (QED) is 0.829. The largest absolute Gasteiger partial charge is 0.497 e. The number of anilines is 1. The molecule has 1 heterocycles. The van der Waals surface area contributed by atoms with Crippen LogP contribution in [-0.4, -0.2) is 32.6 Å². The van der Waals surface area contributed by atoms with E-state index in [1.54, 1.807) is 49.3 Å². The van der Waals surface area contributed by atoms with Crippen molar-refractivity contribution < 1.29 is 23.5 Å². The summed E-state index contributed by atoms with van der Waals surface area (Å²) in [6, 6.07) is 10.9. The lowest BCUT2D eigenvalue weighted by atomic mass is 10.0. The molecule has 0 saturated carbocycles. The van der Waals surface area contributed by atoms with Gasteiger partial charge in [-0.2, -0.15) is 0 Å². The molecule has 0 radical (unpaired) electrons. The summed E-state index contributed by atoms with van der Waals surface area (Å²) in [5.41, 5.74) is 1.24. The van der Waals surface area contributed by atoms with E-state index in [0.29, 0.717) is 22.7 Å². The molecule has 3 rings (SSSR count). The first-order valence-electron chi connectivity index (χ1n) is 9.01. The lowest BCUT2D eigenvalue weighted by Crippen LogP contribution is -2.34. The summed E-state index contributed by atoms with van der Waals surface area (Å²) in [5, 5.41) is 2.87. The van der Waals surface area contributed by atoms with Crippen LogP contribution < -0.4 is 19.7 Å². The topological polar surface area (TPSA) is 67.9 Å². The molecule has 1 N–H and O–H groups in total. The Morgan fingerprint density at radius 3 is 2.68 bits per heavy atom. The van der Waals surface area contributed by atoms with E-state index in [4.69, 9.17) is 9.47 Å². The zero-order chi connectivity index (χ0) is 20.3. The smallest absolute Gasteiger partial charge is 0.227 e. The van der Waals surface area contributed by atoms with E-state index in [1.165, 1.54) is 19.2 Å². The minimum atomic E-state index is -0.501. The first-order chi connectivity index (χ1) is 13.4. The van der Waals surface area contributed by atoms with Gasteiger partial charge in [-0.05, 0) is 36.8 Å². The monoisotopic (exact) mass is 386 g/mol. The fourth-order valence-electron chi connectivity index (χ4n) is 3.31. The summed E-state index contributed by atoms with van der Waals surface area (Å²) in [4.78, 5) is 26.8. The maximum absolute atomic E-state index is 13.4. The maximum Gasteiger partial charge on any atom is 0.227 e. The second-order valence-corrected chi connectivity index (χ2v) is 6.73. The van der Waals surface area contributed by atoms with Gasteiger partial charge in [0.25, 0.3) is 0 Å². The molecule has 2 aromatic carbocycles. The molecule has 0 aromatic heterocycles. The molecule has 2 aromatic rings. The van der Waals surface area contributed by atoms with Gasteiger partial charge in [-0.1, -0.05) is 12.1 Å². The molecule has 1 aliphatic rings. The highest BCUT2D eigenvalue weighted by atomic mass is 19.1. The molecule has 0 bridgehead atoms. The molecule has 2 amide bonds. The van der Waals surface area contributed by atoms with E-state index >= 15 is 0 Å². The average molecular weight is 386 g/mol. The summed E-state index contributed by atoms with van der Waals surface area (Å²) >= 11 is 0. The number of nitrogens with one attached hydrogen (secondary N) is 1. The van der Waals surface area contributed by atoms with Gasteiger partial charge in [-0.3, -0.25) is 9.59 Å². The molecule has 0 spiro atoms. The van der Waals surface area contributed by atoms with Gasteiger partial charge in [0.15, 0.2) is 0 Å². The molecule has 1 saturated heterocycles. The Labute approximate surface area is 163 Å². The van der Waals surface area contributed by atoms with Crippen molar-refractivity contribution in [1.29, 1.82) is 0 Å². The summed E-state index contributed by atoms with van der Waals surface area (Å²) in [7, 11) is 3.07. The van der Waals surface area contributed by atoms with Crippen LogP contribution in [-0.2, 0) is 9.59 Å². The van der Waals surface area contributed by atoms with Gasteiger partial charge in [0, 0.05) is 19.0 Å². The van der Waals surface area contributed by atoms with Crippen LogP contribution in [0.2, 0.25) is 0 Å². The highest BCUT2D eigenvalue weighted by molar-refractivity contribution is 6.01. The summed E-state index contributed by atoms with van der Waals surface area (Å²) in [6.45, 7) is 2.02. The molecule has 148 valence electrons. The first kappa shape index (κ1) is 19.7. The van der Waals surface area contributed by atoms with Gasteiger partial charge in [0.2, 0.25) is 11.8 Å². The van der Waals surface area contributed by atoms with Gasteiger partial charge in [-0.15, -0.1) is 0 Å². The van der Waals surface area contributed by atoms with Crippen LogP contribution in [0.15, 0.2) is 42.5 Å². The molecule has 1 aliphatic heterocycles. The van der Waals surface area contributed by atoms with Crippen molar-refractivity contribution >= 4 is 17.5 Å². The van der Waals surface area contributed by atoms with Crippen LogP contribution in [0.4, 0.5) is 10.1 Å². The van der Waals surface area contributed by atoms with Crippen LogP contribution in [0.3, 0.4) is 0 Å². The first-order valence-corrected chi connectivity index (χ1v) is 9.01. The molecular formula is C21H23FN2O4. The van der Waals surface area contributed by atoms with Gasteiger partial charge in [0.1, 0.15) is 17.3 Å². The summed E-state index contributed by atoms with van der Waals surface area (Å²) in [5.74, 6) is -0.135. The van der Waals surface area contributed by atoms with Crippen LogP contribution in [0, 0.1) is 11.7 Å². The molecule has 1 fully saturated rings. The van der Waals surface area contributed by atoms with Crippen molar-refractivity contribution in [2.24, 2.45) is 5.92 Å². The van der Waals surface area contributed by atoms with Gasteiger partial charge < -0.3 is 19.7 Å². The van der Waals surface area contributed by atoms with E-state index in [9.17, 15) is 14.0 Å².